The van der Waals surface area contributed by atoms with Gasteiger partial charge in [-0.2, -0.15) is 18.3 Å². The largest absolute Gasteiger partial charge is 0.416 e. The van der Waals surface area contributed by atoms with Gasteiger partial charge in [-0.3, -0.25) is 9.29 Å². The van der Waals surface area contributed by atoms with Crippen LogP contribution in [0.2, 0.25) is 0 Å². The Labute approximate surface area is 278 Å². The van der Waals surface area contributed by atoms with E-state index in [9.17, 15) is 26.4 Å². The van der Waals surface area contributed by atoms with Crippen LogP contribution < -0.4 is 10.4 Å². The van der Waals surface area contributed by atoms with Crippen molar-refractivity contribution in [3.8, 4) is 11.3 Å². The van der Waals surface area contributed by atoms with Crippen molar-refractivity contribution in [1.29, 1.82) is 0 Å². The number of hydrogen-bond donors (Lipinski definition) is 1. The van der Waals surface area contributed by atoms with Crippen molar-refractivity contribution in [1.82, 2.24) is 19.3 Å². The summed E-state index contributed by atoms with van der Waals surface area (Å²) in [6.45, 7) is 9.40. The van der Waals surface area contributed by atoms with Crippen molar-refractivity contribution in [2.24, 2.45) is 0 Å². The molecule has 0 aliphatic heterocycles. The summed E-state index contributed by atoms with van der Waals surface area (Å²) in [5.74, 6) is 0.796. The van der Waals surface area contributed by atoms with Crippen LogP contribution in [0.5, 0.6) is 0 Å². The summed E-state index contributed by atoms with van der Waals surface area (Å²) < 4.78 is 69.8. The van der Waals surface area contributed by atoms with Crippen molar-refractivity contribution in [2.75, 3.05) is 4.72 Å². The van der Waals surface area contributed by atoms with Crippen LogP contribution >= 0.6 is 0 Å². The monoisotopic (exact) mass is 677 g/mol. The predicted octanol–water partition coefficient (Wildman–Crippen LogP) is 7.47. The summed E-state index contributed by atoms with van der Waals surface area (Å²) in [5.41, 5.74) is 3.64. The SMILES string of the molecule is CCn1c(CCCc2ccc(-c3cccc(NS(=O)(=O)c4ccc(C(F)(F)F)cc4)n3)cc2)nn(Cc2ccc(C(C)(C)C)cc2)c1=O. The summed E-state index contributed by atoms with van der Waals surface area (Å²) in [6, 6.07) is 24.2. The first kappa shape index (κ1) is 34.6. The fourth-order valence-corrected chi connectivity index (χ4v) is 6.34. The number of pyridine rings is 1. The van der Waals surface area contributed by atoms with Crippen molar-refractivity contribution in [3.63, 3.8) is 0 Å². The highest BCUT2D eigenvalue weighted by molar-refractivity contribution is 7.92. The molecule has 5 rings (SSSR count). The molecule has 0 saturated carbocycles. The average molecular weight is 678 g/mol. The van der Waals surface area contributed by atoms with Gasteiger partial charge >= 0.3 is 11.9 Å². The van der Waals surface area contributed by atoms with Crippen LogP contribution in [-0.4, -0.2) is 27.7 Å². The smallest absolute Gasteiger partial charge is 0.279 e. The Bertz CT molecular complexity index is 2030. The highest BCUT2D eigenvalue weighted by atomic mass is 32.2. The van der Waals surface area contributed by atoms with Gasteiger partial charge in [0.25, 0.3) is 10.0 Å². The highest BCUT2D eigenvalue weighted by Crippen LogP contribution is 2.30. The van der Waals surface area contributed by atoms with E-state index in [1.165, 1.54) is 16.3 Å². The van der Waals surface area contributed by atoms with Gasteiger partial charge < -0.3 is 0 Å². The first-order chi connectivity index (χ1) is 22.6. The molecule has 0 unspecified atom stereocenters. The number of nitrogens with one attached hydrogen (secondary N) is 1. The van der Waals surface area contributed by atoms with E-state index in [-0.39, 0.29) is 21.8 Å². The third kappa shape index (κ3) is 8.22. The lowest BCUT2D eigenvalue weighted by Crippen LogP contribution is -2.25. The second kappa shape index (κ2) is 13.8. The maximum Gasteiger partial charge on any atom is 0.416 e. The van der Waals surface area contributed by atoms with Crippen LogP contribution in [0.4, 0.5) is 19.0 Å². The molecule has 3 aromatic carbocycles. The third-order valence-electron chi connectivity index (χ3n) is 8.06. The summed E-state index contributed by atoms with van der Waals surface area (Å²) in [7, 11) is -4.15. The second-order valence-electron chi connectivity index (χ2n) is 12.6. The molecule has 0 amide bonds. The van der Waals surface area contributed by atoms with Crippen LogP contribution in [-0.2, 0) is 47.5 Å². The predicted molar refractivity (Wildman–Crippen MR) is 180 cm³/mol. The van der Waals surface area contributed by atoms with Gasteiger partial charge in [0.15, 0.2) is 0 Å². The lowest BCUT2D eigenvalue weighted by Gasteiger charge is -2.19. The molecule has 0 fully saturated rings. The Morgan fingerprint density at radius 2 is 1.42 bits per heavy atom. The van der Waals surface area contributed by atoms with Crippen molar-refractivity contribution in [3.05, 3.63) is 130 Å². The fraction of sp³-hybridized carbons (Fsp3) is 0.306. The lowest BCUT2D eigenvalue weighted by molar-refractivity contribution is -0.137. The summed E-state index contributed by atoms with van der Waals surface area (Å²) in [6.07, 6.45) is -2.37. The minimum atomic E-state index is -4.56. The van der Waals surface area contributed by atoms with E-state index in [1.807, 2.05) is 31.2 Å². The Kier molecular flexibility index (Phi) is 9.95. The van der Waals surface area contributed by atoms with E-state index < -0.39 is 21.8 Å². The molecule has 0 atom stereocenters. The number of hydrogen-bond acceptors (Lipinski definition) is 5. The Hall–Kier alpha value is -4.71. The van der Waals surface area contributed by atoms with E-state index in [0.29, 0.717) is 25.2 Å². The highest BCUT2D eigenvalue weighted by Gasteiger charge is 2.30. The van der Waals surface area contributed by atoms with Gasteiger partial charge in [0.1, 0.15) is 11.6 Å². The number of aryl methyl sites for hydroxylation is 2. The molecule has 0 spiro atoms. The molecule has 1 N–H and O–H groups in total. The van der Waals surface area contributed by atoms with E-state index in [1.54, 1.807) is 16.7 Å². The van der Waals surface area contributed by atoms with Gasteiger partial charge in [-0.25, -0.2) is 22.9 Å². The van der Waals surface area contributed by atoms with Gasteiger partial charge in [0.2, 0.25) is 0 Å². The van der Waals surface area contributed by atoms with Crippen molar-refractivity contribution >= 4 is 15.8 Å². The molecule has 2 aromatic heterocycles. The molecule has 0 aliphatic carbocycles. The molecule has 48 heavy (non-hydrogen) atoms. The maximum atomic E-state index is 13.1. The standard InChI is InChI=1S/C36H38F3N5O3S/c1-5-43-33(41-44(34(43)45)24-26-14-18-28(19-15-26)35(2,3)4)11-6-8-25-12-16-27(17-13-25)31-9-7-10-32(40-31)42-48(46,47)30-22-20-29(21-23-30)36(37,38)39/h7,9-10,12-23H,5-6,8,11,24H2,1-4H3,(H,40,42). The first-order valence-electron chi connectivity index (χ1n) is 15.7. The molecule has 12 heteroatoms. The number of nitrogens with zero attached hydrogens (tertiary/aromatic N) is 4. The summed E-state index contributed by atoms with van der Waals surface area (Å²) in [4.78, 5) is 17.2. The number of rotatable bonds is 11. The number of anilines is 1. The quantitative estimate of drug-likeness (QED) is 0.157. The van der Waals surface area contributed by atoms with Crippen LogP contribution in [0.1, 0.15) is 62.2 Å². The Morgan fingerprint density at radius 3 is 2.02 bits per heavy atom. The first-order valence-corrected chi connectivity index (χ1v) is 17.1. The average Bonchev–Trinajstić information content (AvgIpc) is 3.34. The topological polar surface area (TPSA) is 98.9 Å². The Morgan fingerprint density at radius 1 is 0.792 bits per heavy atom. The zero-order valence-electron chi connectivity index (χ0n) is 27.3. The Balaban J connectivity index is 1.20. The minimum Gasteiger partial charge on any atom is -0.279 e. The van der Waals surface area contributed by atoms with E-state index >= 15 is 0 Å². The maximum absolute atomic E-state index is 13.1. The van der Waals surface area contributed by atoms with Crippen LogP contribution in [0.25, 0.3) is 11.3 Å². The van der Waals surface area contributed by atoms with Gasteiger partial charge in [-0.1, -0.05) is 75.4 Å². The zero-order chi connectivity index (χ0) is 34.7. The summed E-state index contributed by atoms with van der Waals surface area (Å²) in [5, 5.41) is 4.66. The molecule has 5 aromatic rings. The molecule has 8 nitrogen and oxygen atoms in total. The van der Waals surface area contributed by atoms with Crippen LogP contribution in [0, 0.1) is 0 Å². The molecule has 0 radical (unpaired) electrons. The molecule has 0 bridgehead atoms. The number of aromatic nitrogens is 4. The minimum absolute atomic E-state index is 0.0415. The second-order valence-corrected chi connectivity index (χ2v) is 14.3. The number of benzene rings is 3. The van der Waals surface area contributed by atoms with Crippen LogP contribution in [0.15, 0.2) is 101 Å². The van der Waals surface area contributed by atoms with E-state index in [4.69, 9.17) is 0 Å². The molecule has 2 heterocycles. The zero-order valence-corrected chi connectivity index (χ0v) is 28.1. The van der Waals surface area contributed by atoms with Crippen molar-refractivity contribution in [2.45, 2.75) is 76.5 Å². The van der Waals surface area contributed by atoms with E-state index in [0.717, 1.165) is 59.6 Å². The normalized spacial score (nSPS) is 12.3. The number of alkyl halides is 3. The molecule has 0 aliphatic rings. The molecule has 0 saturated heterocycles. The van der Waals surface area contributed by atoms with Crippen LogP contribution in [0.3, 0.4) is 0 Å². The number of sulfonamides is 1. The van der Waals surface area contributed by atoms with Gasteiger partial charge in [0.05, 0.1) is 22.7 Å². The molecular formula is C36H38F3N5O3S. The van der Waals surface area contributed by atoms with E-state index in [2.05, 4.69) is 59.8 Å². The fourth-order valence-electron chi connectivity index (χ4n) is 5.34. The van der Waals surface area contributed by atoms with Gasteiger partial charge in [-0.05, 0) is 78.3 Å². The number of halogens is 3. The van der Waals surface area contributed by atoms with Crippen molar-refractivity contribution < 1.29 is 21.6 Å². The molecular weight excluding hydrogens is 639 g/mol. The van der Waals surface area contributed by atoms with Gasteiger partial charge in [-0.15, -0.1) is 0 Å². The van der Waals surface area contributed by atoms with Gasteiger partial charge in [0, 0.05) is 18.5 Å². The molecule has 252 valence electrons. The lowest BCUT2D eigenvalue weighted by atomic mass is 9.87. The third-order valence-corrected chi connectivity index (χ3v) is 9.43. The summed E-state index contributed by atoms with van der Waals surface area (Å²) >= 11 is 0.